The second-order valence-electron chi connectivity index (χ2n) is 29.3. The molecule has 18 atom stereocenters. The van der Waals surface area contributed by atoms with Gasteiger partial charge in [-0.05, 0) is 130 Å². The Bertz CT molecular complexity index is 5630. The predicted molar refractivity (Wildman–Crippen MR) is 414 cm³/mol. The van der Waals surface area contributed by atoms with Crippen LogP contribution in [-0.2, 0) is 60.8 Å². The van der Waals surface area contributed by atoms with Crippen LogP contribution >= 0.6 is 23.2 Å². The van der Waals surface area contributed by atoms with Gasteiger partial charge in [0.15, 0.2) is 35.1 Å². The van der Waals surface area contributed by atoms with E-state index in [9.17, 15) is 76.0 Å². The minimum Gasteiger partial charge on any atom is -0.508 e. The lowest BCUT2D eigenvalue weighted by molar-refractivity contribution is -0.277. The lowest BCUT2D eigenvalue weighted by atomic mass is 9.89. The van der Waals surface area contributed by atoms with Crippen LogP contribution in [-0.4, -0.2) is 206 Å². The molecule has 9 aromatic carbocycles. The number of hydrogen-bond acceptors (Lipinski definition) is 28. The number of aromatic hydroxyl groups is 4. The molecule has 8 heterocycles. The first kappa shape index (κ1) is 82.4. The highest BCUT2D eigenvalue weighted by Gasteiger charge is 2.50. The summed E-state index contributed by atoms with van der Waals surface area (Å²) in [4.78, 5) is 124. The summed E-state index contributed by atoms with van der Waals surface area (Å²) in [6, 6.07) is 18.1. The van der Waals surface area contributed by atoms with E-state index in [1.54, 1.807) is 11.9 Å². The van der Waals surface area contributed by atoms with Gasteiger partial charge < -0.3 is 137 Å². The summed E-state index contributed by atoms with van der Waals surface area (Å²) < 4.78 is 43.5. The molecule has 21 N–H and O–H groups in total. The molecule has 38 heteroatoms. The Balaban J connectivity index is 0.940. The van der Waals surface area contributed by atoms with Gasteiger partial charge in [-0.1, -0.05) is 89.9 Å². The minimum absolute atomic E-state index is 0.0899. The van der Waals surface area contributed by atoms with Crippen molar-refractivity contribution in [2.45, 2.75) is 123 Å². The number of hydrogen-bond donors (Lipinski definition) is 20. The average Bonchev–Trinajstić information content (AvgIpc) is 0.759. The molecule has 0 spiro atoms. The molecule has 0 radical (unpaired) electrons. The predicted octanol–water partition coefficient (Wildman–Crippen LogP) is 3.32. The summed E-state index contributed by atoms with van der Waals surface area (Å²) in [5, 5.41) is 163. The average molecular weight is 1690 g/mol. The summed E-state index contributed by atoms with van der Waals surface area (Å²) >= 11 is 14.1. The second kappa shape index (κ2) is 33.3. The fourth-order valence-electron chi connectivity index (χ4n) is 15.1. The molecule has 9 aromatic rings. The van der Waals surface area contributed by atoms with Gasteiger partial charge in [-0.25, -0.2) is 9.59 Å². The highest BCUT2D eigenvalue weighted by Crippen LogP contribution is 2.51. The van der Waals surface area contributed by atoms with Gasteiger partial charge in [0, 0.05) is 47.4 Å². The molecule has 8 aliphatic rings. The second-order valence-corrected chi connectivity index (χ2v) is 30.1. The number of phenolic OH excluding ortho intramolecular Hbond substituents is 4. The van der Waals surface area contributed by atoms with Gasteiger partial charge in [-0.15, -0.1) is 0 Å². The topological polar surface area (TPSA) is 566 Å². The van der Waals surface area contributed by atoms with E-state index in [0.29, 0.717) is 5.56 Å². The first-order chi connectivity index (χ1) is 57.3. The van der Waals surface area contributed by atoms with E-state index in [-0.39, 0.29) is 34.9 Å². The van der Waals surface area contributed by atoms with Crippen LogP contribution in [0.25, 0.3) is 21.9 Å². The number of fused-ring (bicyclic) bond motifs is 15. The number of likely N-dealkylation sites (N-methyl/N-ethyl adjacent to an activating group) is 1. The van der Waals surface area contributed by atoms with E-state index < -0.39 is 265 Å². The number of carboxylic acid groups (broad SMARTS) is 2. The number of phenols is 4. The molecule has 2 fully saturated rings. The first-order valence-corrected chi connectivity index (χ1v) is 37.7. The molecule has 624 valence electrons. The molecule has 0 aliphatic carbocycles. The highest BCUT2D eigenvalue weighted by atomic mass is 35.5. The molecule has 8 aliphatic heterocycles. The summed E-state index contributed by atoms with van der Waals surface area (Å²) in [5.74, 6) is -18.6. The zero-order valence-corrected chi connectivity index (χ0v) is 63.8. The van der Waals surface area contributed by atoms with E-state index in [1.807, 2.05) is 42.5 Å². The van der Waals surface area contributed by atoms with Crippen molar-refractivity contribution in [2.24, 2.45) is 5.73 Å². The number of ether oxygens (including phenoxy) is 7. The fraction of sp³-hybridized carbons (Fsp3) is 0.268. The van der Waals surface area contributed by atoms with E-state index in [1.165, 1.54) is 42.5 Å². The Morgan fingerprint density at radius 1 is 0.525 bits per heavy atom. The number of nitrogens with one attached hydrogen (secondary N) is 6. The largest absolute Gasteiger partial charge is 0.508 e. The number of rotatable bonds is 10. The molecule has 17 bridgehead atoms. The minimum atomic E-state index is -2.45. The monoisotopic (exact) mass is 1690 g/mol. The number of aliphatic hydroxyl groups is 7. The lowest BCUT2D eigenvalue weighted by Gasteiger charge is -2.40. The number of aliphatic carboxylic acids is 2. The zero-order chi connectivity index (χ0) is 85.3. The van der Waals surface area contributed by atoms with Crippen molar-refractivity contribution in [3.63, 3.8) is 0 Å². The van der Waals surface area contributed by atoms with Gasteiger partial charge in [0.1, 0.15) is 119 Å². The van der Waals surface area contributed by atoms with Crippen molar-refractivity contribution >= 4 is 81.4 Å². The van der Waals surface area contributed by atoms with Gasteiger partial charge in [0.25, 0.3) is 0 Å². The van der Waals surface area contributed by atoms with Crippen LogP contribution in [0.2, 0.25) is 10.0 Å². The van der Waals surface area contributed by atoms with Crippen LogP contribution < -0.4 is 61.3 Å². The lowest BCUT2D eigenvalue weighted by Crippen LogP contribution is -2.64. The van der Waals surface area contributed by atoms with Gasteiger partial charge in [0.2, 0.25) is 53.8 Å². The van der Waals surface area contributed by atoms with Gasteiger partial charge >= 0.3 is 11.9 Å². The Morgan fingerprint density at radius 3 is 1.90 bits per heavy atom. The molecule has 2 saturated heterocycles. The Labute approximate surface area is 687 Å². The van der Waals surface area contributed by atoms with Gasteiger partial charge in [0.05, 0.1) is 22.7 Å². The van der Waals surface area contributed by atoms with Crippen molar-refractivity contribution < 1.29 is 138 Å². The zero-order valence-electron chi connectivity index (χ0n) is 62.2. The molecule has 0 aromatic heterocycles. The molecular weight excluding hydrogens is 1620 g/mol. The highest BCUT2D eigenvalue weighted by molar-refractivity contribution is 6.33. The first-order valence-electron chi connectivity index (χ1n) is 37.0. The number of aliphatic hydroxyl groups excluding tert-OH is 7. The Morgan fingerprint density at radius 2 is 1.18 bits per heavy atom. The van der Waals surface area contributed by atoms with E-state index >= 15 is 28.8 Å². The number of carboxylic acids is 2. The van der Waals surface area contributed by atoms with Crippen LogP contribution in [0.15, 0.2) is 158 Å². The van der Waals surface area contributed by atoms with Gasteiger partial charge in [-0.2, -0.15) is 0 Å². The summed E-state index contributed by atoms with van der Waals surface area (Å²) in [7, 11) is 1.63. The van der Waals surface area contributed by atoms with Crippen LogP contribution in [0, 0.1) is 0 Å². The molecule has 120 heavy (non-hydrogen) atoms. The summed E-state index contributed by atoms with van der Waals surface area (Å²) in [5.41, 5.74) is 4.04. The van der Waals surface area contributed by atoms with Crippen molar-refractivity contribution in [2.75, 3.05) is 13.7 Å². The van der Waals surface area contributed by atoms with Crippen LogP contribution in [0.3, 0.4) is 0 Å². The number of carbonyl (C=O) groups is 8. The smallest absolute Gasteiger partial charge is 0.335 e. The summed E-state index contributed by atoms with van der Waals surface area (Å²) in [6.45, 7) is -0.900. The van der Waals surface area contributed by atoms with E-state index in [2.05, 4.69) is 31.9 Å². The van der Waals surface area contributed by atoms with Crippen molar-refractivity contribution in [3.05, 3.63) is 212 Å². The Hall–Kier alpha value is -12.7. The van der Waals surface area contributed by atoms with Crippen LogP contribution in [0.1, 0.15) is 80.8 Å². The molecule has 6 amide bonds. The molecule has 4 unspecified atom stereocenters. The van der Waals surface area contributed by atoms with E-state index in [4.69, 9.17) is 62.1 Å². The molecular formula is C82H74Cl2N8O28. The third-order valence-electron chi connectivity index (χ3n) is 21.3. The number of halogens is 2. The number of nitrogens with two attached hydrogens (primary N) is 1. The fourth-order valence-corrected chi connectivity index (χ4v) is 15.6. The third-order valence-corrected chi connectivity index (χ3v) is 22.0. The SMILES string of the molecule is CN(Cc1ccc2ccccc2c1)[C@H]1C(=O)N[C@@H]2Cc3ccc(cc3)Oc3cc4cc(c3O[C@@H]3OC(C(=O)O)C(O)[C@H](O)C3N)Oc3ccc(cc3Cl)[C@@H](O)C3NC(=O)[C@H](NC(=O)[C@@H]4NC(=O)[C@@H](NC2=O)c2cc(cc(O)c2Cl)Oc2cc1ccc2O)c1ccc(O)c(c1)-c1c(O[C@H]2O[C@H](CO)[C@@H](O)[C@H](O)[C@@H]2O)cc(O)cc1[C@@H](C(=O)O)NC3=O. The van der Waals surface area contributed by atoms with E-state index in [0.717, 1.165) is 89.1 Å². The molecule has 0 saturated carbocycles. The van der Waals surface area contributed by atoms with Crippen molar-refractivity contribution in [1.29, 1.82) is 0 Å². The Kier molecular flexibility index (Phi) is 22.9. The van der Waals surface area contributed by atoms with Crippen molar-refractivity contribution in [3.8, 4) is 80.1 Å². The number of nitrogens with zero attached hydrogens (tertiary/aromatic N) is 1. The maximum Gasteiger partial charge on any atom is 0.335 e. The summed E-state index contributed by atoms with van der Waals surface area (Å²) in [6.07, 6.45) is -21.4. The van der Waals surface area contributed by atoms with Crippen molar-refractivity contribution in [1.82, 2.24) is 36.8 Å². The number of benzene rings is 9. The number of carbonyl (C=O) groups excluding carboxylic acids is 6. The third kappa shape index (κ3) is 16.2. The van der Waals surface area contributed by atoms with Crippen LogP contribution in [0.4, 0.5) is 0 Å². The quantitative estimate of drug-likeness (QED) is 0.0933. The maximum absolute atomic E-state index is 16.6. The van der Waals surface area contributed by atoms with Crippen LogP contribution in [0.5, 0.6) is 69.0 Å². The standard InChI is InChI=1S/C82H74Cl2N8O28/c1-92(29-32-6-9-33-4-2-3-5-34(33)18-32)64-36-11-16-48(96)51(22-36)115-41-27-44(57(84)49(97)28-41)61-76(107)88-60-38-23-53(114-40-13-7-31(8-14-40)19-46(73(104)89-61)86-78(64)109)71(119-81-58(85)67(100)69(102)72(120-81)80(112)113)54(24-38)116-50-17-12-37(21-45(50)83)65(98)63-77(108)90-62(79(110)111)43-25-39(94)26-52(117-82-70(103)68(101)66(99)55(30-93)118-82)56(43)42-20-35(10-15-47(42)95)59(74(105)91-63)87-75(60)106/h2-18,20-28,46,55,58-70,72,81-82,93-103H,19,29-30,85H2,1H3,(H,86,109)(H,87,106)(H,88,107)(H,89,104)(H,90,108)(H,91,105)(H,110,111)(H,112,113)/t46-,55-,58?,59-,60-,61+,62+,63?,64-,65-,66-,67-,68+,69?,70+,72?,81-,82+/m1/s1. The number of amides is 6. The van der Waals surface area contributed by atoms with Gasteiger partial charge in [-0.3, -0.25) is 33.7 Å². The normalized spacial score (nSPS) is 26.8. The molecule has 17 rings (SSSR count). The molecule has 36 nitrogen and oxygen atoms in total. The maximum atomic E-state index is 16.6.